The van der Waals surface area contributed by atoms with Gasteiger partial charge in [-0.05, 0) is 58.2 Å². The van der Waals surface area contributed by atoms with Crippen molar-refractivity contribution < 1.29 is 4.79 Å². The molecule has 1 unspecified atom stereocenters. The third-order valence-electron chi connectivity index (χ3n) is 4.70. The highest BCUT2D eigenvalue weighted by Gasteiger charge is 2.16. The average molecular weight is 344 g/mol. The summed E-state index contributed by atoms with van der Waals surface area (Å²) in [6, 6.07) is 1.95. The topological polar surface area (TPSA) is 75.4 Å². The van der Waals surface area contributed by atoms with Gasteiger partial charge in [-0.3, -0.25) is 4.79 Å². The number of nitrogens with zero attached hydrogens (tertiary/aromatic N) is 5. The highest BCUT2D eigenvalue weighted by Crippen LogP contribution is 2.15. The van der Waals surface area contributed by atoms with Gasteiger partial charge in [-0.2, -0.15) is 4.98 Å². The minimum atomic E-state index is -0.0303. The van der Waals surface area contributed by atoms with Crippen molar-refractivity contribution in [2.45, 2.75) is 46.5 Å². The third-order valence-corrected chi connectivity index (χ3v) is 4.70. The summed E-state index contributed by atoms with van der Waals surface area (Å²) < 4.78 is 1.69. The Bertz CT molecular complexity index is 740. The number of aryl methyl sites for hydroxylation is 2. The van der Waals surface area contributed by atoms with E-state index < -0.39 is 0 Å². The fourth-order valence-corrected chi connectivity index (χ4v) is 3.51. The standard InChI is InChI=1S/C18H28N6O/c1-13-6-4-8-23(12-13)9-5-7-19-17(25)11-16-21-18-20-14(2)10-15(3)24(18)22-16/h10,13H,4-9,11-12H2,1-3H3,(H,19,25). The maximum Gasteiger partial charge on any atom is 0.252 e. The van der Waals surface area contributed by atoms with Gasteiger partial charge in [0, 0.05) is 24.5 Å². The maximum absolute atomic E-state index is 12.1. The summed E-state index contributed by atoms with van der Waals surface area (Å²) >= 11 is 0. The molecule has 0 radical (unpaired) electrons. The van der Waals surface area contributed by atoms with Gasteiger partial charge in [-0.15, -0.1) is 5.10 Å². The molecule has 1 saturated heterocycles. The van der Waals surface area contributed by atoms with E-state index in [1.165, 1.54) is 25.9 Å². The van der Waals surface area contributed by atoms with Crippen molar-refractivity contribution in [3.05, 3.63) is 23.3 Å². The summed E-state index contributed by atoms with van der Waals surface area (Å²) in [5.41, 5.74) is 1.87. The van der Waals surface area contributed by atoms with Crippen molar-refractivity contribution in [3.63, 3.8) is 0 Å². The lowest BCUT2D eigenvalue weighted by Gasteiger charge is -2.30. The number of rotatable bonds is 6. The maximum atomic E-state index is 12.1. The normalized spacial score (nSPS) is 18.6. The van der Waals surface area contributed by atoms with Gasteiger partial charge < -0.3 is 10.2 Å². The molecule has 7 heteroatoms. The summed E-state index contributed by atoms with van der Waals surface area (Å²) in [5, 5.41) is 7.35. The number of carbonyl (C=O) groups is 1. The van der Waals surface area contributed by atoms with Gasteiger partial charge in [-0.25, -0.2) is 9.50 Å². The molecular weight excluding hydrogens is 316 g/mol. The molecule has 1 fully saturated rings. The molecule has 136 valence electrons. The molecule has 0 aliphatic carbocycles. The van der Waals surface area contributed by atoms with Gasteiger partial charge in [-0.1, -0.05) is 6.92 Å². The molecule has 7 nitrogen and oxygen atoms in total. The van der Waals surface area contributed by atoms with Gasteiger partial charge in [0.1, 0.15) is 0 Å². The molecule has 25 heavy (non-hydrogen) atoms. The van der Waals surface area contributed by atoms with Crippen molar-refractivity contribution in [1.82, 2.24) is 29.8 Å². The molecular formula is C18H28N6O. The smallest absolute Gasteiger partial charge is 0.252 e. The second kappa shape index (κ2) is 7.91. The van der Waals surface area contributed by atoms with Gasteiger partial charge in [0.15, 0.2) is 5.82 Å². The highest BCUT2D eigenvalue weighted by molar-refractivity contribution is 5.77. The van der Waals surface area contributed by atoms with E-state index in [9.17, 15) is 4.79 Å². The monoisotopic (exact) mass is 344 g/mol. The first-order chi connectivity index (χ1) is 12.0. The molecule has 0 saturated carbocycles. The Hall–Kier alpha value is -2.02. The lowest BCUT2D eigenvalue weighted by Crippen LogP contribution is -2.36. The Morgan fingerprint density at radius 1 is 1.36 bits per heavy atom. The number of carbonyl (C=O) groups excluding carboxylic acids is 1. The van der Waals surface area contributed by atoms with Crippen LogP contribution >= 0.6 is 0 Å². The molecule has 2 aromatic heterocycles. The molecule has 1 amide bonds. The largest absolute Gasteiger partial charge is 0.356 e. The summed E-state index contributed by atoms with van der Waals surface area (Å²) in [7, 11) is 0. The number of piperidine rings is 1. The van der Waals surface area contributed by atoms with E-state index in [0.29, 0.717) is 18.1 Å². The van der Waals surface area contributed by atoms with Crippen LogP contribution in [-0.2, 0) is 11.2 Å². The minimum absolute atomic E-state index is 0.0303. The molecule has 0 spiro atoms. The number of aromatic nitrogens is 4. The first kappa shape index (κ1) is 17.8. The second-order valence-corrected chi connectivity index (χ2v) is 7.21. The quantitative estimate of drug-likeness (QED) is 0.804. The fraction of sp³-hybridized carbons (Fsp3) is 0.667. The molecule has 1 atom stereocenters. The molecule has 3 heterocycles. The summed E-state index contributed by atoms with van der Waals surface area (Å²) in [4.78, 5) is 23.3. The predicted octanol–water partition coefficient (Wildman–Crippen LogP) is 1.52. The van der Waals surface area contributed by atoms with Crippen LogP contribution < -0.4 is 5.32 Å². The number of hydrogen-bond acceptors (Lipinski definition) is 5. The Morgan fingerprint density at radius 3 is 3.00 bits per heavy atom. The number of hydrogen-bond donors (Lipinski definition) is 1. The van der Waals surface area contributed by atoms with Crippen LogP contribution in [0.3, 0.4) is 0 Å². The van der Waals surface area contributed by atoms with Crippen molar-refractivity contribution >= 4 is 11.7 Å². The highest BCUT2D eigenvalue weighted by atomic mass is 16.1. The average Bonchev–Trinajstić information content (AvgIpc) is 2.94. The molecule has 0 bridgehead atoms. The zero-order valence-electron chi connectivity index (χ0n) is 15.5. The Balaban J connectivity index is 1.44. The molecule has 0 aromatic carbocycles. The van der Waals surface area contributed by atoms with Crippen LogP contribution in [0.5, 0.6) is 0 Å². The number of amides is 1. The zero-order chi connectivity index (χ0) is 17.8. The molecule has 1 N–H and O–H groups in total. The first-order valence-electron chi connectivity index (χ1n) is 9.20. The lowest BCUT2D eigenvalue weighted by molar-refractivity contribution is -0.120. The van der Waals surface area contributed by atoms with Crippen LogP contribution in [0.2, 0.25) is 0 Å². The van der Waals surface area contributed by atoms with Crippen molar-refractivity contribution in [2.24, 2.45) is 5.92 Å². The van der Waals surface area contributed by atoms with E-state index in [-0.39, 0.29) is 12.3 Å². The molecule has 1 aliphatic heterocycles. The second-order valence-electron chi connectivity index (χ2n) is 7.21. The number of fused-ring (bicyclic) bond motifs is 1. The van der Waals surface area contributed by atoms with Crippen molar-refractivity contribution in [2.75, 3.05) is 26.2 Å². The van der Waals surface area contributed by atoms with E-state index >= 15 is 0 Å². The van der Waals surface area contributed by atoms with Gasteiger partial charge in [0.2, 0.25) is 5.91 Å². The van der Waals surface area contributed by atoms with E-state index in [2.05, 4.69) is 32.2 Å². The van der Waals surface area contributed by atoms with Gasteiger partial charge in [0.25, 0.3) is 5.78 Å². The fourth-order valence-electron chi connectivity index (χ4n) is 3.51. The van der Waals surface area contributed by atoms with Crippen LogP contribution in [-0.4, -0.2) is 56.6 Å². The van der Waals surface area contributed by atoms with Crippen molar-refractivity contribution in [3.8, 4) is 0 Å². The van der Waals surface area contributed by atoms with Crippen LogP contribution in [0.15, 0.2) is 6.07 Å². The first-order valence-corrected chi connectivity index (χ1v) is 9.20. The lowest BCUT2D eigenvalue weighted by atomic mass is 10.0. The van der Waals surface area contributed by atoms with Crippen LogP contribution in [0.1, 0.15) is 43.4 Å². The molecule has 2 aromatic rings. The van der Waals surface area contributed by atoms with Gasteiger partial charge >= 0.3 is 0 Å². The molecule has 1 aliphatic rings. The molecule has 3 rings (SSSR count). The van der Waals surface area contributed by atoms with Gasteiger partial charge in [0.05, 0.1) is 6.42 Å². The number of nitrogens with one attached hydrogen (secondary N) is 1. The Morgan fingerprint density at radius 2 is 2.20 bits per heavy atom. The van der Waals surface area contributed by atoms with E-state index in [4.69, 9.17) is 0 Å². The predicted molar refractivity (Wildman–Crippen MR) is 96.4 cm³/mol. The van der Waals surface area contributed by atoms with Crippen LogP contribution in [0, 0.1) is 19.8 Å². The Kier molecular flexibility index (Phi) is 5.63. The number of likely N-dealkylation sites (tertiary alicyclic amines) is 1. The summed E-state index contributed by atoms with van der Waals surface area (Å²) in [6.07, 6.45) is 3.81. The van der Waals surface area contributed by atoms with E-state index in [1.54, 1.807) is 4.52 Å². The Labute approximate surface area is 148 Å². The van der Waals surface area contributed by atoms with E-state index in [1.807, 2.05) is 19.9 Å². The van der Waals surface area contributed by atoms with E-state index in [0.717, 1.165) is 30.3 Å². The summed E-state index contributed by atoms with van der Waals surface area (Å²) in [5.74, 6) is 1.84. The van der Waals surface area contributed by atoms with Crippen LogP contribution in [0.4, 0.5) is 0 Å². The summed E-state index contributed by atoms with van der Waals surface area (Å²) in [6.45, 7) is 10.3. The van der Waals surface area contributed by atoms with Crippen LogP contribution in [0.25, 0.3) is 5.78 Å². The van der Waals surface area contributed by atoms with Crippen molar-refractivity contribution in [1.29, 1.82) is 0 Å². The SMILES string of the molecule is Cc1cc(C)n2nc(CC(=O)NCCCN3CCCC(C)C3)nc2n1. The zero-order valence-corrected chi connectivity index (χ0v) is 15.5. The third kappa shape index (κ3) is 4.75. The minimum Gasteiger partial charge on any atom is -0.356 e.